The van der Waals surface area contributed by atoms with Crippen LogP contribution in [0.2, 0.25) is 0 Å². The van der Waals surface area contributed by atoms with Crippen molar-refractivity contribution in [2.45, 2.75) is 19.6 Å². The van der Waals surface area contributed by atoms with E-state index in [1.165, 1.54) is 31.2 Å². The first-order chi connectivity index (χ1) is 8.29. The minimum Gasteiger partial charge on any atom is -0.384 e. The van der Waals surface area contributed by atoms with Crippen molar-refractivity contribution in [3.05, 3.63) is 47.4 Å². The quantitative estimate of drug-likeness (QED) is 0.667. The standard InChI is InChI=1S/C12H11F4NO/c1-8(6-11(18)12(14,15)16)17-7-9-2-4-10(13)5-3-9/h2-6,17H,7H2,1H3. The second kappa shape index (κ2) is 5.66. The summed E-state index contributed by atoms with van der Waals surface area (Å²) < 4.78 is 48.4. The summed E-state index contributed by atoms with van der Waals surface area (Å²) in [5, 5.41) is 2.64. The molecule has 0 heterocycles. The lowest BCUT2D eigenvalue weighted by molar-refractivity contribution is -0.165. The highest BCUT2D eigenvalue weighted by atomic mass is 19.4. The molecular formula is C12H11F4NO. The van der Waals surface area contributed by atoms with Crippen LogP contribution >= 0.6 is 0 Å². The Labute approximate surface area is 101 Å². The number of benzene rings is 1. The maximum atomic E-state index is 12.6. The predicted molar refractivity (Wildman–Crippen MR) is 58.1 cm³/mol. The van der Waals surface area contributed by atoms with E-state index in [1.54, 1.807) is 0 Å². The summed E-state index contributed by atoms with van der Waals surface area (Å²) in [6.07, 6.45) is -4.37. The molecule has 0 spiro atoms. The predicted octanol–water partition coefficient (Wildman–Crippen LogP) is 2.95. The van der Waals surface area contributed by atoms with Crippen LogP contribution in [0, 0.1) is 5.82 Å². The van der Waals surface area contributed by atoms with Crippen LogP contribution < -0.4 is 5.32 Å². The van der Waals surface area contributed by atoms with Crippen molar-refractivity contribution in [2.24, 2.45) is 0 Å². The van der Waals surface area contributed by atoms with Crippen LogP contribution in [0.4, 0.5) is 17.6 Å². The SMILES string of the molecule is CC(=CC(=O)C(F)(F)F)NCc1ccc(F)cc1. The fourth-order valence-corrected chi connectivity index (χ4v) is 1.17. The molecule has 0 bridgehead atoms. The number of halogens is 4. The number of alkyl halides is 3. The molecule has 0 aromatic heterocycles. The Morgan fingerprint density at radius 3 is 2.33 bits per heavy atom. The summed E-state index contributed by atoms with van der Waals surface area (Å²) in [5.41, 5.74) is 0.797. The van der Waals surface area contributed by atoms with Gasteiger partial charge < -0.3 is 5.32 Å². The Bertz CT molecular complexity index is 448. The van der Waals surface area contributed by atoms with Crippen molar-refractivity contribution >= 4 is 5.78 Å². The molecule has 2 nitrogen and oxygen atoms in total. The third kappa shape index (κ3) is 4.57. The van der Waals surface area contributed by atoms with Crippen molar-refractivity contribution in [3.8, 4) is 0 Å². The molecular weight excluding hydrogens is 250 g/mol. The molecule has 1 aromatic rings. The van der Waals surface area contributed by atoms with E-state index >= 15 is 0 Å². The largest absolute Gasteiger partial charge is 0.454 e. The Hall–Kier alpha value is -1.85. The summed E-state index contributed by atoms with van der Waals surface area (Å²) in [5.74, 6) is -2.30. The Kier molecular flexibility index (Phi) is 4.47. The molecule has 0 aliphatic rings. The summed E-state index contributed by atoms with van der Waals surface area (Å²) in [4.78, 5) is 10.6. The fraction of sp³-hybridized carbons (Fsp3) is 0.250. The Morgan fingerprint density at radius 2 is 1.83 bits per heavy atom. The van der Waals surface area contributed by atoms with E-state index in [4.69, 9.17) is 0 Å². The topological polar surface area (TPSA) is 29.1 Å². The van der Waals surface area contributed by atoms with Gasteiger partial charge in [-0.2, -0.15) is 13.2 Å². The van der Waals surface area contributed by atoms with Gasteiger partial charge >= 0.3 is 6.18 Å². The zero-order valence-electron chi connectivity index (χ0n) is 9.51. The number of carbonyl (C=O) groups excluding carboxylic acids is 1. The zero-order chi connectivity index (χ0) is 13.8. The van der Waals surface area contributed by atoms with Gasteiger partial charge in [-0.25, -0.2) is 4.39 Å². The van der Waals surface area contributed by atoms with Crippen molar-refractivity contribution in [1.29, 1.82) is 0 Å². The fourth-order valence-electron chi connectivity index (χ4n) is 1.17. The Morgan fingerprint density at radius 1 is 1.28 bits per heavy atom. The van der Waals surface area contributed by atoms with Crippen LogP contribution in [-0.2, 0) is 11.3 Å². The summed E-state index contributed by atoms with van der Waals surface area (Å²) in [6, 6.07) is 5.50. The van der Waals surface area contributed by atoms with Gasteiger partial charge in [0, 0.05) is 18.3 Å². The van der Waals surface area contributed by atoms with E-state index < -0.39 is 17.8 Å². The molecule has 0 saturated carbocycles. The molecule has 0 aliphatic carbocycles. The number of allylic oxidation sites excluding steroid dienone is 2. The number of hydrogen-bond acceptors (Lipinski definition) is 2. The third-order valence-corrected chi connectivity index (χ3v) is 2.11. The molecule has 6 heteroatoms. The van der Waals surface area contributed by atoms with E-state index in [-0.39, 0.29) is 12.2 Å². The average molecular weight is 261 g/mol. The van der Waals surface area contributed by atoms with E-state index in [9.17, 15) is 22.4 Å². The number of nitrogens with one attached hydrogen (secondary N) is 1. The minimum atomic E-state index is -4.86. The molecule has 0 atom stereocenters. The van der Waals surface area contributed by atoms with Crippen LogP contribution in [0.1, 0.15) is 12.5 Å². The second-order valence-electron chi connectivity index (χ2n) is 3.67. The molecule has 1 aromatic carbocycles. The summed E-state index contributed by atoms with van der Waals surface area (Å²) in [6.45, 7) is 1.57. The molecule has 0 unspecified atom stereocenters. The summed E-state index contributed by atoms with van der Waals surface area (Å²) >= 11 is 0. The van der Waals surface area contributed by atoms with E-state index in [0.717, 1.165) is 0 Å². The van der Waals surface area contributed by atoms with Gasteiger partial charge in [0.25, 0.3) is 5.78 Å². The lowest BCUT2D eigenvalue weighted by Gasteiger charge is -2.07. The first-order valence-corrected chi connectivity index (χ1v) is 5.07. The van der Waals surface area contributed by atoms with Gasteiger partial charge in [-0.05, 0) is 24.6 Å². The molecule has 0 aliphatic heterocycles. The molecule has 1 N–H and O–H groups in total. The van der Waals surface area contributed by atoms with Crippen LogP contribution in [0.5, 0.6) is 0 Å². The van der Waals surface area contributed by atoms with E-state index in [0.29, 0.717) is 11.6 Å². The molecule has 0 radical (unpaired) electrons. The first kappa shape index (κ1) is 14.2. The molecule has 0 fully saturated rings. The maximum Gasteiger partial charge on any atom is 0.454 e. The van der Waals surface area contributed by atoms with Crippen molar-refractivity contribution < 1.29 is 22.4 Å². The first-order valence-electron chi connectivity index (χ1n) is 5.07. The van der Waals surface area contributed by atoms with Crippen molar-refractivity contribution in [2.75, 3.05) is 0 Å². The number of rotatable bonds is 4. The van der Waals surface area contributed by atoms with E-state index in [2.05, 4.69) is 5.32 Å². The normalized spacial score (nSPS) is 12.4. The lowest BCUT2D eigenvalue weighted by atomic mass is 10.2. The zero-order valence-corrected chi connectivity index (χ0v) is 9.51. The molecule has 18 heavy (non-hydrogen) atoms. The number of carbonyl (C=O) groups is 1. The number of hydrogen-bond donors (Lipinski definition) is 1. The van der Waals surface area contributed by atoms with Crippen LogP contribution in [0.25, 0.3) is 0 Å². The van der Waals surface area contributed by atoms with Crippen molar-refractivity contribution in [3.63, 3.8) is 0 Å². The molecule has 98 valence electrons. The number of ketones is 1. The smallest absolute Gasteiger partial charge is 0.384 e. The van der Waals surface area contributed by atoms with Crippen LogP contribution in [0.3, 0.4) is 0 Å². The molecule has 0 saturated heterocycles. The van der Waals surface area contributed by atoms with Gasteiger partial charge in [-0.1, -0.05) is 12.1 Å². The van der Waals surface area contributed by atoms with Gasteiger partial charge in [0.05, 0.1) is 0 Å². The third-order valence-electron chi connectivity index (χ3n) is 2.11. The minimum absolute atomic E-state index is 0.0988. The maximum absolute atomic E-state index is 12.6. The monoisotopic (exact) mass is 261 g/mol. The van der Waals surface area contributed by atoms with Gasteiger partial charge in [0.1, 0.15) is 5.82 Å². The van der Waals surface area contributed by atoms with Gasteiger partial charge in [0.2, 0.25) is 0 Å². The second-order valence-corrected chi connectivity index (χ2v) is 3.67. The van der Waals surface area contributed by atoms with E-state index in [1.807, 2.05) is 0 Å². The van der Waals surface area contributed by atoms with Crippen LogP contribution in [0.15, 0.2) is 36.0 Å². The highest BCUT2D eigenvalue weighted by Gasteiger charge is 2.36. The van der Waals surface area contributed by atoms with Gasteiger partial charge in [-0.3, -0.25) is 4.79 Å². The lowest BCUT2D eigenvalue weighted by Crippen LogP contribution is -2.22. The molecule has 0 amide bonds. The van der Waals surface area contributed by atoms with Gasteiger partial charge in [-0.15, -0.1) is 0 Å². The Balaban J connectivity index is 2.56. The summed E-state index contributed by atoms with van der Waals surface area (Å²) in [7, 11) is 0. The van der Waals surface area contributed by atoms with Gasteiger partial charge in [0.15, 0.2) is 0 Å². The molecule has 1 rings (SSSR count). The van der Waals surface area contributed by atoms with Crippen LogP contribution in [-0.4, -0.2) is 12.0 Å². The van der Waals surface area contributed by atoms with Crippen molar-refractivity contribution in [1.82, 2.24) is 5.32 Å². The highest BCUT2D eigenvalue weighted by Crippen LogP contribution is 2.17. The highest BCUT2D eigenvalue weighted by molar-refractivity contribution is 5.94. The average Bonchev–Trinajstić information content (AvgIpc) is 2.27.